The van der Waals surface area contributed by atoms with Gasteiger partial charge in [0.15, 0.2) is 0 Å². The lowest BCUT2D eigenvalue weighted by Gasteiger charge is -2.24. The molecule has 4 heteroatoms. The third-order valence-electron chi connectivity index (χ3n) is 3.27. The van der Waals surface area contributed by atoms with Crippen LogP contribution in [0, 0.1) is 0 Å². The van der Waals surface area contributed by atoms with Gasteiger partial charge in [0.1, 0.15) is 0 Å². The minimum Gasteiger partial charge on any atom is -0.378 e. The van der Waals surface area contributed by atoms with Gasteiger partial charge in [-0.3, -0.25) is 0 Å². The van der Waals surface area contributed by atoms with E-state index in [1.54, 1.807) is 11.3 Å². The molecular formula is C14H13BrClNS. The largest absolute Gasteiger partial charge is 0.378 e. The molecule has 1 nitrogen and oxygen atoms in total. The maximum Gasteiger partial charge on any atom is 0.0934 e. The summed E-state index contributed by atoms with van der Waals surface area (Å²) in [6, 6.07) is 10.9. The molecule has 2 aromatic rings. The Morgan fingerprint density at radius 2 is 2.06 bits per heavy atom. The van der Waals surface area contributed by atoms with Gasteiger partial charge < -0.3 is 5.32 Å². The molecule has 18 heavy (non-hydrogen) atoms. The lowest BCUT2D eigenvalue weighted by molar-refractivity contribution is 0.609. The molecule has 1 atom stereocenters. The SMILES string of the molecule is Clc1cc2c(s1)CCCC2Nc1ccc(Br)cc1. The fourth-order valence-electron chi connectivity index (χ4n) is 2.42. The number of hydrogen-bond acceptors (Lipinski definition) is 2. The molecule has 0 radical (unpaired) electrons. The van der Waals surface area contributed by atoms with E-state index in [9.17, 15) is 0 Å². The average molecular weight is 343 g/mol. The first-order valence-corrected chi connectivity index (χ1v) is 8.01. The Labute approximate surface area is 124 Å². The quantitative estimate of drug-likeness (QED) is 0.743. The summed E-state index contributed by atoms with van der Waals surface area (Å²) in [7, 11) is 0. The molecule has 3 rings (SSSR count). The van der Waals surface area contributed by atoms with Crippen LogP contribution < -0.4 is 5.32 Å². The van der Waals surface area contributed by atoms with Gasteiger partial charge in [0.05, 0.1) is 10.4 Å². The number of thiophene rings is 1. The second-order valence-corrected chi connectivity index (χ2v) is 7.21. The molecule has 0 spiro atoms. The number of aryl methyl sites for hydroxylation is 1. The number of benzene rings is 1. The highest BCUT2D eigenvalue weighted by Crippen LogP contribution is 2.39. The second kappa shape index (κ2) is 5.24. The Bertz CT molecular complexity index is 549. The van der Waals surface area contributed by atoms with Crippen molar-refractivity contribution in [2.75, 3.05) is 5.32 Å². The van der Waals surface area contributed by atoms with E-state index in [2.05, 4.69) is 51.6 Å². The molecule has 1 unspecified atom stereocenters. The standard InChI is InChI=1S/C14H13BrClNS/c15-9-4-6-10(7-5-9)17-12-2-1-3-13-11(12)8-14(16)18-13/h4-8,12,17H,1-3H2. The van der Waals surface area contributed by atoms with Crippen LogP contribution in [0.3, 0.4) is 0 Å². The zero-order valence-electron chi connectivity index (χ0n) is 9.75. The van der Waals surface area contributed by atoms with Crippen molar-refractivity contribution in [3.05, 3.63) is 49.6 Å². The van der Waals surface area contributed by atoms with Gasteiger partial charge in [0, 0.05) is 15.0 Å². The third kappa shape index (κ3) is 2.58. The number of hydrogen-bond donors (Lipinski definition) is 1. The number of halogens is 2. The fraction of sp³-hybridized carbons (Fsp3) is 0.286. The molecule has 1 aliphatic rings. The first kappa shape index (κ1) is 12.5. The molecule has 1 aliphatic carbocycles. The summed E-state index contributed by atoms with van der Waals surface area (Å²) in [5, 5.41) is 3.60. The zero-order chi connectivity index (χ0) is 12.5. The van der Waals surface area contributed by atoms with Crippen molar-refractivity contribution in [1.29, 1.82) is 0 Å². The first-order chi connectivity index (χ1) is 8.72. The van der Waals surface area contributed by atoms with E-state index in [1.165, 1.54) is 35.4 Å². The second-order valence-electron chi connectivity index (χ2n) is 4.53. The maximum atomic E-state index is 6.12. The Morgan fingerprint density at radius 1 is 1.28 bits per heavy atom. The maximum absolute atomic E-state index is 6.12. The minimum absolute atomic E-state index is 0.402. The molecule has 0 saturated carbocycles. The Balaban J connectivity index is 1.83. The predicted octanol–water partition coefficient (Wildman–Crippen LogP) is 5.65. The van der Waals surface area contributed by atoms with Gasteiger partial charge in [-0.15, -0.1) is 11.3 Å². The van der Waals surface area contributed by atoms with E-state index in [4.69, 9.17) is 11.6 Å². The molecule has 0 fully saturated rings. The van der Waals surface area contributed by atoms with E-state index < -0.39 is 0 Å². The van der Waals surface area contributed by atoms with E-state index >= 15 is 0 Å². The summed E-state index contributed by atoms with van der Waals surface area (Å²) in [6.07, 6.45) is 3.58. The van der Waals surface area contributed by atoms with Crippen molar-refractivity contribution in [3.63, 3.8) is 0 Å². The predicted molar refractivity (Wildman–Crippen MR) is 82.8 cm³/mol. The van der Waals surface area contributed by atoms with Gasteiger partial charge in [-0.05, 0) is 55.2 Å². The van der Waals surface area contributed by atoms with Gasteiger partial charge in [-0.1, -0.05) is 27.5 Å². The van der Waals surface area contributed by atoms with Crippen molar-refractivity contribution in [3.8, 4) is 0 Å². The summed E-state index contributed by atoms with van der Waals surface area (Å²) >= 11 is 11.3. The number of anilines is 1. The zero-order valence-corrected chi connectivity index (χ0v) is 12.9. The van der Waals surface area contributed by atoms with Crippen molar-refractivity contribution in [1.82, 2.24) is 0 Å². The Hall–Kier alpha value is -0.510. The monoisotopic (exact) mass is 341 g/mol. The molecule has 0 aliphatic heterocycles. The van der Waals surface area contributed by atoms with Gasteiger partial charge in [-0.2, -0.15) is 0 Å². The topological polar surface area (TPSA) is 12.0 Å². The Morgan fingerprint density at radius 3 is 2.83 bits per heavy atom. The van der Waals surface area contributed by atoms with Crippen LogP contribution in [0.15, 0.2) is 34.8 Å². The van der Waals surface area contributed by atoms with Crippen LogP contribution in [0.25, 0.3) is 0 Å². The van der Waals surface area contributed by atoms with Crippen molar-refractivity contribution >= 4 is 44.6 Å². The van der Waals surface area contributed by atoms with E-state index in [0.717, 1.165) is 8.81 Å². The molecule has 1 aromatic heterocycles. The lowest BCUT2D eigenvalue weighted by Crippen LogP contribution is -2.15. The highest BCUT2D eigenvalue weighted by atomic mass is 79.9. The summed E-state index contributed by atoms with van der Waals surface area (Å²) in [4.78, 5) is 1.45. The fourth-order valence-corrected chi connectivity index (χ4v) is 4.07. The molecule has 1 N–H and O–H groups in total. The van der Waals surface area contributed by atoms with Gasteiger partial charge in [0.25, 0.3) is 0 Å². The molecule has 0 amide bonds. The summed E-state index contributed by atoms with van der Waals surface area (Å²) < 4.78 is 2.01. The van der Waals surface area contributed by atoms with Crippen LogP contribution in [0.2, 0.25) is 4.34 Å². The van der Waals surface area contributed by atoms with Gasteiger partial charge >= 0.3 is 0 Å². The van der Waals surface area contributed by atoms with Gasteiger partial charge in [-0.25, -0.2) is 0 Å². The molecule has 0 saturated heterocycles. The van der Waals surface area contributed by atoms with E-state index in [-0.39, 0.29) is 0 Å². The lowest BCUT2D eigenvalue weighted by atomic mass is 9.94. The van der Waals surface area contributed by atoms with Crippen LogP contribution in [-0.4, -0.2) is 0 Å². The number of rotatable bonds is 2. The van der Waals surface area contributed by atoms with E-state index in [1.807, 2.05) is 0 Å². The molecular weight excluding hydrogens is 330 g/mol. The highest BCUT2D eigenvalue weighted by Gasteiger charge is 2.22. The van der Waals surface area contributed by atoms with Crippen LogP contribution >= 0.6 is 38.9 Å². The van der Waals surface area contributed by atoms with Crippen LogP contribution in [0.4, 0.5) is 5.69 Å². The Kier molecular flexibility index (Phi) is 3.64. The molecule has 94 valence electrons. The normalized spacial score (nSPS) is 18.4. The number of nitrogens with one attached hydrogen (secondary N) is 1. The minimum atomic E-state index is 0.402. The molecule has 1 aromatic carbocycles. The van der Waals surface area contributed by atoms with Crippen molar-refractivity contribution in [2.45, 2.75) is 25.3 Å². The van der Waals surface area contributed by atoms with Crippen LogP contribution in [0.5, 0.6) is 0 Å². The van der Waals surface area contributed by atoms with Crippen molar-refractivity contribution in [2.24, 2.45) is 0 Å². The first-order valence-electron chi connectivity index (χ1n) is 6.02. The molecule has 0 bridgehead atoms. The smallest absolute Gasteiger partial charge is 0.0934 e. The summed E-state index contributed by atoms with van der Waals surface area (Å²) in [5.74, 6) is 0. The average Bonchev–Trinajstić information content (AvgIpc) is 2.73. The van der Waals surface area contributed by atoms with Crippen LogP contribution in [-0.2, 0) is 6.42 Å². The third-order valence-corrected chi connectivity index (χ3v) is 5.14. The highest BCUT2D eigenvalue weighted by molar-refractivity contribution is 9.10. The van der Waals surface area contributed by atoms with E-state index in [0.29, 0.717) is 6.04 Å². The summed E-state index contributed by atoms with van der Waals surface area (Å²) in [6.45, 7) is 0. The van der Waals surface area contributed by atoms with Crippen LogP contribution in [0.1, 0.15) is 29.3 Å². The molecule has 1 heterocycles. The van der Waals surface area contributed by atoms with Gasteiger partial charge in [0.2, 0.25) is 0 Å². The van der Waals surface area contributed by atoms with Crippen molar-refractivity contribution < 1.29 is 0 Å². The summed E-state index contributed by atoms with van der Waals surface area (Å²) in [5.41, 5.74) is 2.55. The number of fused-ring (bicyclic) bond motifs is 1.